The molecular weight excluding hydrogens is 441 g/mol. The average Bonchev–Trinajstić information content (AvgIpc) is 3.21. The second-order valence-electron chi connectivity index (χ2n) is 9.35. The van der Waals surface area contributed by atoms with Gasteiger partial charge in [-0.05, 0) is 55.1 Å². The first kappa shape index (κ1) is 23.4. The van der Waals surface area contributed by atoms with E-state index < -0.39 is 0 Å². The Bertz CT molecular complexity index is 1260. The van der Waals surface area contributed by atoms with Gasteiger partial charge >= 0.3 is 0 Å². The summed E-state index contributed by atoms with van der Waals surface area (Å²) in [5, 5.41) is 0. The van der Waals surface area contributed by atoms with Gasteiger partial charge in [0.25, 0.3) is 0 Å². The van der Waals surface area contributed by atoms with Crippen molar-refractivity contribution in [3.8, 4) is 11.5 Å². The smallest absolute Gasteiger partial charge is 0.163 e. The summed E-state index contributed by atoms with van der Waals surface area (Å²) in [6.07, 6.45) is 3.22. The number of aromatic nitrogens is 2. The van der Waals surface area contributed by atoms with Crippen LogP contribution < -0.4 is 9.47 Å². The monoisotopic (exact) mass is 473 g/mol. The summed E-state index contributed by atoms with van der Waals surface area (Å²) in [5.41, 5.74) is 4.30. The highest BCUT2D eigenvalue weighted by Crippen LogP contribution is 2.34. The number of benzene rings is 3. The van der Waals surface area contributed by atoms with E-state index in [2.05, 4.69) is 39.8 Å². The van der Waals surface area contributed by atoms with E-state index in [1.165, 1.54) is 17.7 Å². The van der Waals surface area contributed by atoms with Crippen LogP contribution in [-0.4, -0.2) is 41.8 Å². The van der Waals surface area contributed by atoms with Crippen molar-refractivity contribution in [2.24, 2.45) is 5.92 Å². The summed E-state index contributed by atoms with van der Waals surface area (Å²) < 4.78 is 26.8. The van der Waals surface area contributed by atoms with Gasteiger partial charge in [0.1, 0.15) is 11.6 Å². The minimum atomic E-state index is -0.224. The Kier molecular flexibility index (Phi) is 7.00. The van der Waals surface area contributed by atoms with Crippen molar-refractivity contribution in [1.82, 2.24) is 14.5 Å². The lowest BCUT2D eigenvalue weighted by molar-refractivity contribution is 0.175. The van der Waals surface area contributed by atoms with E-state index in [1.807, 2.05) is 24.3 Å². The van der Waals surface area contributed by atoms with Crippen molar-refractivity contribution in [2.75, 3.05) is 27.3 Å². The van der Waals surface area contributed by atoms with Crippen LogP contribution in [0.25, 0.3) is 11.0 Å². The van der Waals surface area contributed by atoms with Gasteiger partial charge in [0, 0.05) is 31.6 Å². The summed E-state index contributed by atoms with van der Waals surface area (Å²) in [4.78, 5) is 7.58. The molecule has 0 radical (unpaired) electrons. The number of rotatable bonds is 8. The van der Waals surface area contributed by atoms with Crippen molar-refractivity contribution >= 4 is 11.0 Å². The van der Waals surface area contributed by atoms with Crippen LogP contribution in [0.5, 0.6) is 11.5 Å². The van der Waals surface area contributed by atoms with Gasteiger partial charge < -0.3 is 14.0 Å². The zero-order valence-electron chi connectivity index (χ0n) is 20.4. The van der Waals surface area contributed by atoms with Gasteiger partial charge in [-0.15, -0.1) is 0 Å². The maximum Gasteiger partial charge on any atom is 0.163 e. The Balaban J connectivity index is 1.38. The highest BCUT2D eigenvalue weighted by molar-refractivity contribution is 5.81. The van der Waals surface area contributed by atoms with E-state index >= 15 is 0 Å². The molecule has 1 aliphatic rings. The van der Waals surface area contributed by atoms with Crippen molar-refractivity contribution < 1.29 is 13.9 Å². The molecule has 3 aromatic carbocycles. The number of likely N-dealkylation sites (tertiary alicyclic amines) is 1. The first-order valence-electron chi connectivity index (χ1n) is 12.2. The Hall–Kier alpha value is -3.38. The summed E-state index contributed by atoms with van der Waals surface area (Å²) in [5.74, 6) is 2.77. The van der Waals surface area contributed by atoms with E-state index in [0.717, 1.165) is 61.3 Å². The van der Waals surface area contributed by atoms with Crippen LogP contribution in [-0.2, 0) is 19.5 Å². The van der Waals surface area contributed by atoms with Gasteiger partial charge in [-0.1, -0.05) is 42.5 Å². The number of piperidine rings is 1. The Labute approximate surface area is 206 Å². The zero-order valence-corrected chi connectivity index (χ0v) is 20.4. The minimum absolute atomic E-state index is 0.224. The van der Waals surface area contributed by atoms with Crippen LogP contribution >= 0.6 is 0 Å². The number of hydrogen-bond donors (Lipinski definition) is 0. The van der Waals surface area contributed by atoms with Crippen LogP contribution in [0, 0.1) is 11.7 Å². The third-order valence-electron chi connectivity index (χ3n) is 7.01. The molecule has 0 spiro atoms. The molecule has 0 amide bonds. The fraction of sp³-hybridized carbons (Fsp3) is 0.345. The minimum Gasteiger partial charge on any atom is -0.493 e. The fourth-order valence-electron chi connectivity index (χ4n) is 5.05. The molecule has 0 bridgehead atoms. The highest BCUT2D eigenvalue weighted by Gasteiger charge is 2.23. The third kappa shape index (κ3) is 5.33. The molecule has 0 atom stereocenters. The predicted molar refractivity (Wildman–Crippen MR) is 136 cm³/mol. The predicted octanol–water partition coefficient (Wildman–Crippen LogP) is 5.70. The van der Waals surface area contributed by atoms with E-state index in [9.17, 15) is 4.39 Å². The summed E-state index contributed by atoms with van der Waals surface area (Å²) in [6.45, 7) is 3.84. The molecule has 0 N–H and O–H groups in total. The van der Waals surface area contributed by atoms with Gasteiger partial charge in [0.05, 0.1) is 25.3 Å². The molecule has 2 heterocycles. The Morgan fingerprint density at radius 3 is 2.20 bits per heavy atom. The molecule has 1 aromatic heterocycles. The van der Waals surface area contributed by atoms with Crippen LogP contribution in [0.4, 0.5) is 4.39 Å². The third-order valence-corrected chi connectivity index (χ3v) is 7.01. The van der Waals surface area contributed by atoms with Crippen molar-refractivity contribution in [2.45, 2.75) is 32.4 Å². The Morgan fingerprint density at radius 2 is 1.51 bits per heavy atom. The molecule has 1 saturated heterocycles. The zero-order chi connectivity index (χ0) is 24.2. The van der Waals surface area contributed by atoms with Crippen LogP contribution in [0.2, 0.25) is 0 Å². The van der Waals surface area contributed by atoms with Crippen LogP contribution in [0.3, 0.4) is 0 Å². The lowest BCUT2D eigenvalue weighted by Gasteiger charge is -2.32. The summed E-state index contributed by atoms with van der Waals surface area (Å²) >= 11 is 0. The largest absolute Gasteiger partial charge is 0.493 e. The lowest BCUT2D eigenvalue weighted by Crippen LogP contribution is -2.34. The van der Waals surface area contributed by atoms with Crippen molar-refractivity contribution in [3.05, 3.63) is 89.5 Å². The molecular formula is C29H32FN3O2. The second-order valence-corrected chi connectivity index (χ2v) is 9.35. The molecule has 35 heavy (non-hydrogen) atoms. The molecule has 182 valence electrons. The molecule has 5 nitrogen and oxygen atoms in total. The SMILES string of the molecule is COc1cc2nc(CC3CCN(Cc4ccccc4)CC3)n(Cc3ccc(F)cc3)c2cc1OC. The quantitative estimate of drug-likeness (QED) is 0.329. The molecule has 0 unspecified atom stereocenters. The molecule has 1 aliphatic heterocycles. The summed E-state index contributed by atoms with van der Waals surface area (Å²) in [6, 6.07) is 21.3. The second kappa shape index (κ2) is 10.5. The van der Waals surface area contributed by atoms with Gasteiger partial charge in [-0.25, -0.2) is 9.37 Å². The number of imidazole rings is 1. The maximum absolute atomic E-state index is 13.5. The molecule has 1 fully saturated rings. The Morgan fingerprint density at radius 1 is 0.857 bits per heavy atom. The number of nitrogens with zero attached hydrogens (tertiary/aromatic N) is 3. The van der Waals surface area contributed by atoms with Crippen LogP contribution in [0.1, 0.15) is 29.8 Å². The molecule has 0 saturated carbocycles. The van der Waals surface area contributed by atoms with Crippen molar-refractivity contribution in [1.29, 1.82) is 0 Å². The van der Waals surface area contributed by atoms with Crippen molar-refractivity contribution in [3.63, 3.8) is 0 Å². The molecule has 6 heteroatoms. The van der Waals surface area contributed by atoms with Gasteiger partial charge in [-0.2, -0.15) is 0 Å². The van der Waals surface area contributed by atoms with Gasteiger partial charge in [-0.3, -0.25) is 4.90 Å². The first-order chi connectivity index (χ1) is 17.1. The summed E-state index contributed by atoms with van der Waals surface area (Å²) in [7, 11) is 3.29. The van der Waals surface area contributed by atoms with Gasteiger partial charge in [0.2, 0.25) is 0 Å². The fourth-order valence-corrected chi connectivity index (χ4v) is 5.05. The van der Waals surface area contributed by atoms with E-state index in [4.69, 9.17) is 14.5 Å². The normalized spacial score (nSPS) is 14.9. The van der Waals surface area contributed by atoms with Crippen LogP contribution in [0.15, 0.2) is 66.7 Å². The molecule has 5 rings (SSSR count). The van der Waals surface area contributed by atoms with E-state index in [0.29, 0.717) is 24.0 Å². The standard InChI is InChI=1S/C29H32FN3O2/c1-34-27-17-25-26(18-28(27)35-2)33(20-23-8-10-24(30)11-9-23)29(31-25)16-21-12-14-32(15-13-21)19-22-6-4-3-5-7-22/h3-11,17-18,21H,12-16,19-20H2,1-2H3. The highest BCUT2D eigenvalue weighted by atomic mass is 19.1. The lowest BCUT2D eigenvalue weighted by atomic mass is 9.93. The number of hydrogen-bond acceptors (Lipinski definition) is 4. The maximum atomic E-state index is 13.5. The molecule has 0 aliphatic carbocycles. The molecule has 4 aromatic rings. The van der Waals surface area contributed by atoms with E-state index in [-0.39, 0.29) is 5.82 Å². The average molecular weight is 474 g/mol. The first-order valence-corrected chi connectivity index (χ1v) is 12.2. The number of methoxy groups -OCH3 is 2. The topological polar surface area (TPSA) is 39.5 Å². The van der Waals surface area contributed by atoms with Gasteiger partial charge in [0.15, 0.2) is 11.5 Å². The number of halogens is 1. The number of ether oxygens (including phenoxy) is 2. The number of fused-ring (bicyclic) bond motifs is 1. The van der Waals surface area contributed by atoms with E-state index in [1.54, 1.807) is 14.2 Å².